The first kappa shape index (κ1) is 20.5. The summed E-state index contributed by atoms with van der Waals surface area (Å²) in [5.41, 5.74) is 2.73. The number of hydrogen-bond donors (Lipinski definition) is 1. The fourth-order valence-corrected chi connectivity index (χ4v) is 4.07. The number of anilines is 1. The highest BCUT2D eigenvalue weighted by molar-refractivity contribution is 7.99. The fraction of sp³-hybridized carbons (Fsp3) is 0.316. The lowest BCUT2D eigenvalue weighted by Crippen LogP contribution is -2.23. The summed E-state index contributed by atoms with van der Waals surface area (Å²) in [4.78, 5) is 12.6. The van der Waals surface area contributed by atoms with Crippen LogP contribution >= 0.6 is 11.8 Å². The number of rotatable bonds is 7. The molecule has 2 rings (SSSR count). The molecule has 0 spiro atoms. The molecule has 7 heteroatoms. The van der Waals surface area contributed by atoms with E-state index in [0.717, 1.165) is 16.8 Å². The second-order valence-electron chi connectivity index (χ2n) is 6.25. The van der Waals surface area contributed by atoms with Gasteiger partial charge in [0.25, 0.3) is 0 Å². The lowest BCUT2D eigenvalue weighted by atomic mass is 10.2. The third-order valence-corrected chi connectivity index (χ3v) is 6.86. The minimum Gasteiger partial charge on any atom is -0.325 e. The molecule has 1 amide bonds. The second-order valence-corrected chi connectivity index (χ2v) is 9.73. The van der Waals surface area contributed by atoms with Gasteiger partial charge in [-0.1, -0.05) is 24.3 Å². The molecule has 2 aromatic carbocycles. The zero-order valence-electron chi connectivity index (χ0n) is 15.4. The van der Waals surface area contributed by atoms with Crippen molar-refractivity contribution in [2.75, 3.05) is 19.4 Å². The van der Waals surface area contributed by atoms with E-state index >= 15 is 0 Å². The van der Waals surface area contributed by atoms with Crippen molar-refractivity contribution in [1.29, 1.82) is 0 Å². The monoisotopic (exact) mass is 392 g/mol. The summed E-state index contributed by atoms with van der Waals surface area (Å²) in [6.07, 6.45) is 0. The van der Waals surface area contributed by atoms with E-state index in [9.17, 15) is 13.2 Å². The van der Waals surface area contributed by atoms with E-state index < -0.39 is 10.0 Å². The molecule has 0 aromatic heterocycles. The number of amides is 1. The topological polar surface area (TPSA) is 66.5 Å². The van der Waals surface area contributed by atoms with E-state index in [1.54, 1.807) is 18.2 Å². The average molecular weight is 393 g/mol. The number of hydrogen-bond acceptors (Lipinski definition) is 4. The Balaban J connectivity index is 1.99. The molecule has 1 atom stereocenters. The Kier molecular flexibility index (Phi) is 6.86. The molecule has 0 radical (unpaired) electrons. The van der Waals surface area contributed by atoms with Gasteiger partial charge in [0, 0.05) is 25.5 Å². The summed E-state index contributed by atoms with van der Waals surface area (Å²) >= 11 is 1.47. The third kappa shape index (κ3) is 5.33. The highest BCUT2D eigenvalue weighted by Crippen LogP contribution is 2.22. The molecule has 1 N–H and O–H groups in total. The number of nitrogens with zero attached hydrogens (tertiary/aromatic N) is 1. The van der Waals surface area contributed by atoms with Gasteiger partial charge in [0.15, 0.2) is 0 Å². The van der Waals surface area contributed by atoms with Crippen LogP contribution in [0.3, 0.4) is 0 Å². The zero-order valence-corrected chi connectivity index (χ0v) is 17.0. The van der Waals surface area contributed by atoms with E-state index in [0.29, 0.717) is 5.75 Å². The third-order valence-electron chi connectivity index (χ3n) is 3.83. The van der Waals surface area contributed by atoms with Crippen molar-refractivity contribution in [3.63, 3.8) is 0 Å². The summed E-state index contributed by atoms with van der Waals surface area (Å²) in [6, 6.07) is 14.5. The van der Waals surface area contributed by atoms with E-state index in [1.807, 2.05) is 44.2 Å². The summed E-state index contributed by atoms with van der Waals surface area (Å²) in [5.74, 6) is 0.483. The standard InChI is InChI=1S/C19H24N2O3S2/c1-14-7-5-9-17(11-14)20-19(22)15(2)25-13-16-8-6-10-18(12-16)26(23,24)21(3)4/h5-12,15H,13H2,1-4H3,(H,20,22)/t15-/m0/s1. The lowest BCUT2D eigenvalue weighted by molar-refractivity contribution is -0.115. The van der Waals surface area contributed by atoms with Gasteiger partial charge in [0.05, 0.1) is 10.1 Å². The summed E-state index contributed by atoms with van der Waals surface area (Å²) < 4.78 is 25.6. The maximum Gasteiger partial charge on any atom is 0.242 e. The van der Waals surface area contributed by atoms with Crippen molar-refractivity contribution in [3.05, 3.63) is 59.7 Å². The molecule has 0 aliphatic carbocycles. The van der Waals surface area contributed by atoms with Crippen molar-refractivity contribution in [2.24, 2.45) is 0 Å². The average Bonchev–Trinajstić information content (AvgIpc) is 2.59. The van der Waals surface area contributed by atoms with Crippen LogP contribution in [0.1, 0.15) is 18.1 Å². The summed E-state index contributed by atoms with van der Waals surface area (Å²) in [7, 11) is -0.437. The first-order valence-electron chi connectivity index (χ1n) is 8.21. The Bertz CT molecular complexity index is 880. The first-order chi connectivity index (χ1) is 12.2. The van der Waals surface area contributed by atoms with Crippen LogP contribution in [0.15, 0.2) is 53.4 Å². The van der Waals surface area contributed by atoms with E-state index in [-0.39, 0.29) is 16.1 Å². The van der Waals surface area contributed by atoms with Gasteiger partial charge in [-0.15, -0.1) is 11.8 Å². The van der Waals surface area contributed by atoms with E-state index in [4.69, 9.17) is 0 Å². The van der Waals surface area contributed by atoms with Crippen LogP contribution in [-0.4, -0.2) is 38.0 Å². The van der Waals surface area contributed by atoms with Gasteiger partial charge in [-0.25, -0.2) is 12.7 Å². The van der Waals surface area contributed by atoms with Crippen molar-refractivity contribution in [1.82, 2.24) is 4.31 Å². The predicted molar refractivity (Wildman–Crippen MR) is 108 cm³/mol. The van der Waals surface area contributed by atoms with Crippen molar-refractivity contribution < 1.29 is 13.2 Å². The van der Waals surface area contributed by atoms with Crippen molar-refractivity contribution >= 4 is 33.4 Å². The summed E-state index contributed by atoms with van der Waals surface area (Å²) in [6.45, 7) is 3.82. The number of carbonyl (C=O) groups excluding carboxylic acids is 1. The molecule has 0 unspecified atom stereocenters. The highest BCUT2D eigenvalue weighted by atomic mass is 32.2. The van der Waals surface area contributed by atoms with Crippen LogP contribution in [-0.2, 0) is 20.6 Å². The Morgan fingerprint density at radius 2 is 1.85 bits per heavy atom. The smallest absolute Gasteiger partial charge is 0.242 e. The van der Waals surface area contributed by atoms with Gasteiger partial charge in [0.2, 0.25) is 15.9 Å². The Morgan fingerprint density at radius 1 is 1.15 bits per heavy atom. The second kappa shape index (κ2) is 8.70. The lowest BCUT2D eigenvalue weighted by Gasteiger charge is -2.14. The SMILES string of the molecule is Cc1cccc(NC(=O)[C@H](C)SCc2cccc(S(=O)(=O)N(C)C)c2)c1. The molecule has 0 saturated carbocycles. The van der Waals surface area contributed by atoms with Gasteiger partial charge < -0.3 is 5.32 Å². The molecule has 0 bridgehead atoms. The molecular formula is C19H24N2O3S2. The van der Waals surface area contributed by atoms with Crippen LogP contribution in [0.2, 0.25) is 0 Å². The molecule has 0 aliphatic rings. The maximum atomic E-state index is 12.3. The molecule has 0 saturated heterocycles. The van der Waals surface area contributed by atoms with Gasteiger partial charge in [0.1, 0.15) is 0 Å². The first-order valence-corrected chi connectivity index (χ1v) is 10.7. The normalized spacial score (nSPS) is 12.8. The molecule has 26 heavy (non-hydrogen) atoms. The Hall–Kier alpha value is -1.83. The van der Waals surface area contributed by atoms with Gasteiger partial charge >= 0.3 is 0 Å². The Labute approximate surface area is 159 Å². The molecular weight excluding hydrogens is 368 g/mol. The highest BCUT2D eigenvalue weighted by Gasteiger charge is 2.18. The van der Waals surface area contributed by atoms with E-state index in [2.05, 4.69) is 5.32 Å². The largest absolute Gasteiger partial charge is 0.325 e. The molecule has 140 valence electrons. The molecule has 0 heterocycles. The molecule has 0 aliphatic heterocycles. The Morgan fingerprint density at radius 3 is 2.50 bits per heavy atom. The van der Waals surface area contributed by atoms with Gasteiger partial charge in [-0.2, -0.15) is 0 Å². The van der Waals surface area contributed by atoms with Crippen molar-refractivity contribution in [2.45, 2.75) is 29.7 Å². The zero-order chi connectivity index (χ0) is 19.3. The molecule has 0 fully saturated rings. The van der Waals surface area contributed by atoms with Crippen LogP contribution in [0.4, 0.5) is 5.69 Å². The number of aryl methyl sites for hydroxylation is 1. The molecule has 5 nitrogen and oxygen atoms in total. The minimum atomic E-state index is -3.45. The van der Waals surface area contributed by atoms with Gasteiger partial charge in [-0.05, 0) is 49.2 Å². The van der Waals surface area contributed by atoms with Crippen LogP contribution < -0.4 is 5.32 Å². The fourth-order valence-electron chi connectivity index (χ4n) is 2.27. The van der Waals surface area contributed by atoms with Crippen LogP contribution in [0.5, 0.6) is 0 Å². The number of thioether (sulfide) groups is 1. The van der Waals surface area contributed by atoms with Crippen molar-refractivity contribution in [3.8, 4) is 0 Å². The van der Waals surface area contributed by atoms with Crippen LogP contribution in [0, 0.1) is 6.92 Å². The predicted octanol–water partition coefficient (Wildman–Crippen LogP) is 3.51. The van der Waals surface area contributed by atoms with Gasteiger partial charge in [-0.3, -0.25) is 4.79 Å². The number of carbonyl (C=O) groups is 1. The van der Waals surface area contributed by atoms with Crippen LogP contribution in [0.25, 0.3) is 0 Å². The number of nitrogens with one attached hydrogen (secondary N) is 1. The molecule has 2 aromatic rings. The van der Waals surface area contributed by atoms with E-state index in [1.165, 1.54) is 30.2 Å². The maximum absolute atomic E-state index is 12.3. The summed E-state index contributed by atoms with van der Waals surface area (Å²) in [5, 5.41) is 2.65. The number of sulfonamides is 1. The number of benzene rings is 2. The quantitative estimate of drug-likeness (QED) is 0.783. The minimum absolute atomic E-state index is 0.0716.